The van der Waals surface area contributed by atoms with Crippen LogP contribution in [0.5, 0.6) is 0 Å². The smallest absolute Gasteiger partial charge is 0.222 e. The maximum atomic E-state index is 11.7. The summed E-state index contributed by atoms with van der Waals surface area (Å²) in [4.78, 5) is 17.9. The number of likely N-dealkylation sites (tertiary alicyclic amines) is 1. The van der Waals surface area contributed by atoms with Crippen LogP contribution >= 0.6 is 0 Å². The van der Waals surface area contributed by atoms with Gasteiger partial charge in [0.15, 0.2) is 5.96 Å². The van der Waals surface area contributed by atoms with Crippen molar-refractivity contribution in [3.8, 4) is 0 Å². The average molecular weight is 345 g/mol. The number of guanidine groups is 1. The molecule has 0 saturated carbocycles. The zero-order chi connectivity index (χ0) is 18.1. The van der Waals surface area contributed by atoms with E-state index in [9.17, 15) is 4.79 Å². The third-order valence-corrected chi connectivity index (χ3v) is 4.50. The van der Waals surface area contributed by atoms with Gasteiger partial charge in [-0.05, 0) is 36.3 Å². The molecule has 1 saturated heterocycles. The van der Waals surface area contributed by atoms with Crippen LogP contribution in [0, 0.1) is 5.92 Å². The van der Waals surface area contributed by atoms with Crippen LogP contribution < -0.4 is 10.6 Å². The molecule has 5 heteroatoms. The summed E-state index contributed by atoms with van der Waals surface area (Å²) < 4.78 is 0. The van der Waals surface area contributed by atoms with E-state index in [1.165, 1.54) is 17.5 Å². The highest BCUT2D eigenvalue weighted by Gasteiger charge is 2.19. The number of aliphatic imine (C=N–C) groups is 1. The van der Waals surface area contributed by atoms with E-state index in [4.69, 9.17) is 0 Å². The van der Waals surface area contributed by atoms with Gasteiger partial charge in [-0.2, -0.15) is 0 Å². The lowest BCUT2D eigenvalue weighted by atomic mass is 10.1. The number of rotatable bonds is 8. The van der Waals surface area contributed by atoms with Crippen LogP contribution in [0.1, 0.15) is 50.7 Å². The van der Waals surface area contributed by atoms with Crippen LogP contribution in [0.25, 0.3) is 0 Å². The first-order valence-corrected chi connectivity index (χ1v) is 9.38. The lowest BCUT2D eigenvalue weighted by Crippen LogP contribution is -2.37. The molecule has 1 aliphatic rings. The van der Waals surface area contributed by atoms with E-state index in [-0.39, 0.29) is 5.91 Å². The number of carbonyl (C=O) groups excluding carboxylic acids is 1. The third kappa shape index (κ3) is 6.77. The summed E-state index contributed by atoms with van der Waals surface area (Å²) in [5.74, 6) is 1.86. The van der Waals surface area contributed by atoms with Gasteiger partial charge in [0.25, 0.3) is 0 Å². The van der Waals surface area contributed by atoms with Gasteiger partial charge in [0.05, 0.1) is 0 Å². The molecule has 0 atom stereocenters. The average Bonchev–Trinajstić information content (AvgIpc) is 3.00. The Kier molecular flexibility index (Phi) is 7.76. The fourth-order valence-electron chi connectivity index (χ4n) is 2.98. The Morgan fingerprint density at radius 1 is 1.20 bits per heavy atom. The van der Waals surface area contributed by atoms with Gasteiger partial charge in [-0.1, -0.05) is 38.1 Å². The molecule has 0 aromatic heterocycles. The lowest BCUT2D eigenvalue weighted by Gasteiger charge is -2.16. The molecule has 0 aliphatic carbocycles. The van der Waals surface area contributed by atoms with E-state index >= 15 is 0 Å². The molecule has 1 aromatic rings. The van der Waals surface area contributed by atoms with Crippen LogP contribution in [-0.4, -0.2) is 36.9 Å². The summed E-state index contributed by atoms with van der Waals surface area (Å²) in [6.07, 6.45) is 4.07. The van der Waals surface area contributed by atoms with Gasteiger partial charge in [-0.15, -0.1) is 0 Å². The molecule has 1 aromatic carbocycles. The number of carbonyl (C=O) groups is 1. The Morgan fingerprint density at radius 2 is 1.92 bits per heavy atom. The summed E-state index contributed by atoms with van der Waals surface area (Å²) in [5, 5.41) is 6.70. The van der Waals surface area contributed by atoms with Gasteiger partial charge in [0.1, 0.15) is 0 Å². The van der Waals surface area contributed by atoms with Crippen LogP contribution in [0.15, 0.2) is 29.3 Å². The van der Waals surface area contributed by atoms with Crippen LogP contribution in [0.3, 0.4) is 0 Å². The van der Waals surface area contributed by atoms with E-state index < -0.39 is 0 Å². The van der Waals surface area contributed by atoms with Crippen LogP contribution in [0.4, 0.5) is 0 Å². The Labute approximate surface area is 151 Å². The monoisotopic (exact) mass is 344 g/mol. The molecule has 1 heterocycles. The highest BCUT2D eigenvalue weighted by Crippen LogP contribution is 2.14. The zero-order valence-electron chi connectivity index (χ0n) is 15.8. The zero-order valence-corrected chi connectivity index (χ0v) is 15.8. The molecule has 2 N–H and O–H groups in total. The second-order valence-electron chi connectivity index (χ2n) is 7.12. The van der Waals surface area contributed by atoms with Gasteiger partial charge in [0.2, 0.25) is 5.91 Å². The second-order valence-corrected chi connectivity index (χ2v) is 7.12. The predicted molar refractivity (Wildman–Crippen MR) is 103 cm³/mol. The second kappa shape index (κ2) is 10.1. The molecule has 0 unspecified atom stereocenters. The number of hydrogen-bond acceptors (Lipinski definition) is 2. The van der Waals surface area contributed by atoms with Gasteiger partial charge < -0.3 is 15.5 Å². The maximum absolute atomic E-state index is 11.7. The molecule has 1 aliphatic heterocycles. The number of benzene rings is 1. The quantitative estimate of drug-likeness (QED) is 0.433. The first kappa shape index (κ1) is 19.3. The topological polar surface area (TPSA) is 56.7 Å². The highest BCUT2D eigenvalue weighted by molar-refractivity contribution is 5.79. The fraction of sp³-hybridized carbons (Fsp3) is 0.600. The molecule has 25 heavy (non-hydrogen) atoms. The Bertz CT molecular complexity index is 566. The first-order valence-electron chi connectivity index (χ1n) is 9.38. The normalized spacial score (nSPS) is 15.1. The van der Waals surface area contributed by atoms with E-state index in [0.29, 0.717) is 6.42 Å². The van der Waals surface area contributed by atoms with Crippen molar-refractivity contribution < 1.29 is 4.79 Å². The summed E-state index contributed by atoms with van der Waals surface area (Å²) in [5.41, 5.74) is 2.40. The fourth-order valence-corrected chi connectivity index (χ4v) is 2.98. The summed E-state index contributed by atoms with van der Waals surface area (Å²) in [7, 11) is 1.80. The number of nitrogens with one attached hydrogen (secondary N) is 2. The molecule has 1 fully saturated rings. The van der Waals surface area contributed by atoms with Crippen molar-refractivity contribution in [2.75, 3.05) is 20.1 Å². The molecular weight excluding hydrogens is 312 g/mol. The van der Waals surface area contributed by atoms with Crippen molar-refractivity contribution in [1.82, 2.24) is 15.5 Å². The molecule has 0 bridgehead atoms. The Morgan fingerprint density at radius 3 is 2.52 bits per heavy atom. The van der Waals surface area contributed by atoms with Crippen molar-refractivity contribution in [3.05, 3.63) is 35.4 Å². The van der Waals surface area contributed by atoms with Crippen molar-refractivity contribution in [1.29, 1.82) is 0 Å². The number of amides is 1. The Balaban J connectivity index is 1.73. The minimum absolute atomic E-state index is 0.276. The van der Waals surface area contributed by atoms with Crippen molar-refractivity contribution in [3.63, 3.8) is 0 Å². The van der Waals surface area contributed by atoms with Gasteiger partial charge in [-0.25, -0.2) is 0 Å². The SMILES string of the molecule is CN=C(NCCCC(C)C)NCc1ccc(CN2CCCC2=O)cc1. The van der Waals surface area contributed by atoms with E-state index in [0.717, 1.165) is 50.9 Å². The molecular formula is C20H32N4O. The van der Waals surface area contributed by atoms with Crippen molar-refractivity contribution >= 4 is 11.9 Å². The Hall–Kier alpha value is -2.04. The summed E-state index contributed by atoms with van der Waals surface area (Å²) >= 11 is 0. The summed E-state index contributed by atoms with van der Waals surface area (Å²) in [6, 6.07) is 8.47. The van der Waals surface area contributed by atoms with Gasteiger partial charge in [-0.3, -0.25) is 9.79 Å². The predicted octanol–water partition coefficient (Wildman–Crippen LogP) is 2.91. The van der Waals surface area contributed by atoms with Crippen molar-refractivity contribution in [2.24, 2.45) is 10.9 Å². The molecule has 0 radical (unpaired) electrons. The van der Waals surface area contributed by atoms with Crippen LogP contribution in [0.2, 0.25) is 0 Å². The summed E-state index contributed by atoms with van der Waals surface area (Å²) in [6.45, 7) is 7.80. The van der Waals surface area contributed by atoms with Crippen molar-refractivity contribution in [2.45, 2.75) is 52.6 Å². The van der Waals surface area contributed by atoms with E-state index in [1.54, 1.807) is 7.05 Å². The minimum Gasteiger partial charge on any atom is -0.356 e. The first-order chi connectivity index (χ1) is 12.1. The highest BCUT2D eigenvalue weighted by atomic mass is 16.2. The van der Waals surface area contributed by atoms with Gasteiger partial charge in [0, 0.05) is 39.6 Å². The maximum Gasteiger partial charge on any atom is 0.222 e. The molecule has 5 nitrogen and oxygen atoms in total. The number of hydrogen-bond donors (Lipinski definition) is 2. The number of nitrogens with zero attached hydrogens (tertiary/aromatic N) is 2. The molecule has 2 rings (SSSR count). The van der Waals surface area contributed by atoms with E-state index in [2.05, 4.69) is 53.7 Å². The molecule has 0 spiro atoms. The largest absolute Gasteiger partial charge is 0.356 e. The lowest BCUT2D eigenvalue weighted by molar-refractivity contribution is -0.128. The molecule has 1 amide bonds. The van der Waals surface area contributed by atoms with E-state index in [1.807, 2.05) is 4.90 Å². The standard InChI is InChI=1S/C20H32N4O/c1-16(2)6-4-12-22-20(21-3)23-14-17-8-10-18(11-9-17)15-24-13-5-7-19(24)25/h8-11,16H,4-7,12-15H2,1-3H3,(H2,21,22,23). The minimum atomic E-state index is 0.276. The molecule has 138 valence electrons. The van der Waals surface area contributed by atoms with Crippen LogP contribution in [-0.2, 0) is 17.9 Å². The third-order valence-electron chi connectivity index (χ3n) is 4.50. The van der Waals surface area contributed by atoms with Gasteiger partial charge >= 0.3 is 0 Å².